The number of benzene rings is 3. The van der Waals surface area contributed by atoms with Gasteiger partial charge >= 0.3 is 0 Å². The maximum atomic E-state index is 12.6. The van der Waals surface area contributed by atoms with E-state index in [1.54, 1.807) is 84.9 Å². The topological polar surface area (TPSA) is 129 Å². The van der Waals surface area contributed by atoms with Crippen molar-refractivity contribution >= 4 is 29.7 Å². The van der Waals surface area contributed by atoms with E-state index in [4.69, 9.17) is 0 Å². The van der Waals surface area contributed by atoms with Crippen molar-refractivity contribution in [2.75, 3.05) is 16.0 Å². The number of aliphatic hydroxyl groups is 1. The van der Waals surface area contributed by atoms with Gasteiger partial charge in [0.25, 0.3) is 11.8 Å². The quantitative estimate of drug-likeness (QED) is 0.324. The highest BCUT2D eigenvalue weighted by Crippen LogP contribution is 2.17. The zero-order valence-electron chi connectivity index (χ0n) is 17.3. The van der Waals surface area contributed by atoms with Crippen LogP contribution in [0.15, 0.2) is 91.0 Å². The van der Waals surface area contributed by atoms with Crippen molar-refractivity contribution in [1.29, 1.82) is 0 Å². The molecule has 0 fully saturated rings. The molecule has 2 amide bonds. The third-order valence-electron chi connectivity index (χ3n) is 4.54. The molecule has 9 heteroatoms. The molecule has 33 heavy (non-hydrogen) atoms. The van der Waals surface area contributed by atoms with E-state index in [2.05, 4.69) is 30.9 Å². The summed E-state index contributed by atoms with van der Waals surface area (Å²) in [4.78, 5) is 37.6. The van der Waals surface area contributed by atoms with Gasteiger partial charge in [-0.3, -0.25) is 20.2 Å². The normalized spacial score (nSPS) is 11.3. The lowest BCUT2D eigenvalue weighted by Crippen LogP contribution is -2.20. The SMILES string of the molecule is O=C(Nc1nc(NC(=O)c2ccccc2)nc(NC(O)c2ccccc2)n1)c1ccccc1. The average molecular weight is 440 g/mol. The molecule has 0 aliphatic carbocycles. The van der Waals surface area contributed by atoms with Crippen molar-refractivity contribution in [2.45, 2.75) is 6.23 Å². The monoisotopic (exact) mass is 440 g/mol. The maximum absolute atomic E-state index is 12.6. The molecule has 3 aromatic carbocycles. The fourth-order valence-electron chi connectivity index (χ4n) is 2.92. The molecule has 0 aliphatic rings. The summed E-state index contributed by atoms with van der Waals surface area (Å²) in [6, 6.07) is 26.0. The van der Waals surface area contributed by atoms with E-state index in [1.807, 2.05) is 6.07 Å². The zero-order chi connectivity index (χ0) is 23.0. The van der Waals surface area contributed by atoms with Gasteiger partial charge in [-0.15, -0.1) is 0 Å². The van der Waals surface area contributed by atoms with Gasteiger partial charge in [0, 0.05) is 16.7 Å². The Bertz CT molecular complexity index is 1170. The molecule has 0 aliphatic heterocycles. The first kappa shape index (κ1) is 21.6. The number of rotatable bonds is 7. The molecular formula is C24H20N6O3. The summed E-state index contributed by atoms with van der Waals surface area (Å²) in [5.41, 5.74) is 1.40. The molecule has 164 valence electrons. The van der Waals surface area contributed by atoms with Crippen LogP contribution in [-0.2, 0) is 0 Å². The van der Waals surface area contributed by atoms with Gasteiger partial charge in [-0.1, -0.05) is 66.7 Å². The Morgan fingerprint density at radius 3 is 1.45 bits per heavy atom. The maximum Gasteiger partial charge on any atom is 0.258 e. The summed E-state index contributed by atoms with van der Waals surface area (Å²) in [5, 5.41) is 18.4. The minimum Gasteiger partial charge on any atom is -0.369 e. The molecule has 1 atom stereocenters. The number of anilines is 3. The summed E-state index contributed by atoms with van der Waals surface area (Å²) in [6.07, 6.45) is -1.12. The predicted molar refractivity (Wildman–Crippen MR) is 124 cm³/mol. The van der Waals surface area contributed by atoms with Crippen molar-refractivity contribution in [3.63, 3.8) is 0 Å². The van der Waals surface area contributed by atoms with Gasteiger partial charge in [0.2, 0.25) is 17.8 Å². The number of carbonyl (C=O) groups is 2. The Morgan fingerprint density at radius 1 is 0.606 bits per heavy atom. The van der Waals surface area contributed by atoms with E-state index in [0.717, 1.165) is 0 Å². The number of nitrogens with one attached hydrogen (secondary N) is 3. The molecule has 0 bridgehead atoms. The Morgan fingerprint density at radius 2 is 1.00 bits per heavy atom. The van der Waals surface area contributed by atoms with Crippen LogP contribution >= 0.6 is 0 Å². The fraction of sp³-hybridized carbons (Fsp3) is 0.0417. The van der Waals surface area contributed by atoms with E-state index in [9.17, 15) is 14.7 Å². The Labute approximate surface area is 189 Å². The number of nitrogens with zero attached hydrogens (tertiary/aromatic N) is 3. The van der Waals surface area contributed by atoms with Gasteiger partial charge in [-0.05, 0) is 24.3 Å². The molecule has 1 unspecified atom stereocenters. The number of hydrogen-bond acceptors (Lipinski definition) is 7. The molecule has 0 radical (unpaired) electrons. The van der Waals surface area contributed by atoms with E-state index < -0.39 is 18.0 Å². The van der Waals surface area contributed by atoms with Crippen LogP contribution in [0.25, 0.3) is 0 Å². The molecule has 0 spiro atoms. The molecule has 1 aromatic heterocycles. The van der Waals surface area contributed by atoms with Crippen molar-refractivity contribution in [1.82, 2.24) is 15.0 Å². The van der Waals surface area contributed by atoms with Crippen LogP contribution in [0.4, 0.5) is 17.8 Å². The van der Waals surface area contributed by atoms with Crippen LogP contribution in [0.5, 0.6) is 0 Å². The van der Waals surface area contributed by atoms with Crippen molar-refractivity contribution in [3.8, 4) is 0 Å². The highest BCUT2D eigenvalue weighted by molar-refractivity contribution is 6.04. The van der Waals surface area contributed by atoms with Crippen molar-refractivity contribution < 1.29 is 14.7 Å². The molecule has 9 nitrogen and oxygen atoms in total. The summed E-state index contributed by atoms with van der Waals surface area (Å²) < 4.78 is 0. The smallest absolute Gasteiger partial charge is 0.258 e. The number of aromatic nitrogens is 3. The Balaban J connectivity index is 1.60. The lowest BCUT2D eigenvalue weighted by Gasteiger charge is -2.15. The Hall–Kier alpha value is -4.63. The number of aliphatic hydroxyl groups excluding tert-OH is 1. The molecule has 1 heterocycles. The van der Waals surface area contributed by atoms with E-state index in [-0.39, 0.29) is 17.8 Å². The van der Waals surface area contributed by atoms with Gasteiger partial charge in [0.1, 0.15) is 0 Å². The van der Waals surface area contributed by atoms with Gasteiger partial charge in [0.15, 0.2) is 6.23 Å². The second kappa shape index (κ2) is 10.1. The minimum absolute atomic E-state index is 0.0342. The highest BCUT2D eigenvalue weighted by Gasteiger charge is 2.16. The van der Waals surface area contributed by atoms with E-state index >= 15 is 0 Å². The van der Waals surface area contributed by atoms with Crippen LogP contribution < -0.4 is 16.0 Å². The molecule has 0 saturated carbocycles. The largest absolute Gasteiger partial charge is 0.369 e. The van der Waals surface area contributed by atoms with Gasteiger partial charge < -0.3 is 10.4 Å². The first-order chi connectivity index (χ1) is 16.1. The molecule has 0 saturated heterocycles. The first-order valence-electron chi connectivity index (χ1n) is 10.1. The second-order valence-corrected chi connectivity index (χ2v) is 6.90. The minimum atomic E-state index is -1.12. The first-order valence-corrected chi connectivity index (χ1v) is 10.1. The van der Waals surface area contributed by atoms with Crippen LogP contribution in [-0.4, -0.2) is 31.9 Å². The van der Waals surface area contributed by atoms with Gasteiger partial charge in [-0.2, -0.15) is 15.0 Å². The fourth-order valence-corrected chi connectivity index (χ4v) is 2.92. The summed E-state index contributed by atoms with van der Waals surface area (Å²) in [5.74, 6) is -1.09. The van der Waals surface area contributed by atoms with Crippen molar-refractivity contribution in [3.05, 3.63) is 108 Å². The summed E-state index contributed by atoms with van der Waals surface area (Å²) >= 11 is 0. The van der Waals surface area contributed by atoms with Crippen LogP contribution in [0.3, 0.4) is 0 Å². The highest BCUT2D eigenvalue weighted by atomic mass is 16.3. The van der Waals surface area contributed by atoms with Crippen LogP contribution in [0.2, 0.25) is 0 Å². The third-order valence-corrected chi connectivity index (χ3v) is 4.54. The lowest BCUT2D eigenvalue weighted by molar-refractivity contribution is 0.101. The third kappa shape index (κ3) is 5.75. The predicted octanol–water partition coefficient (Wildman–Crippen LogP) is 3.48. The number of hydrogen-bond donors (Lipinski definition) is 4. The number of carbonyl (C=O) groups excluding carboxylic acids is 2. The molecular weight excluding hydrogens is 420 g/mol. The zero-order valence-corrected chi connectivity index (χ0v) is 17.3. The second-order valence-electron chi connectivity index (χ2n) is 6.90. The van der Waals surface area contributed by atoms with Crippen LogP contribution in [0, 0.1) is 0 Å². The van der Waals surface area contributed by atoms with Crippen LogP contribution in [0.1, 0.15) is 32.5 Å². The summed E-state index contributed by atoms with van der Waals surface area (Å²) in [7, 11) is 0. The molecule has 4 N–H and O–H groups in total. The van der Waals surface area contributed by atoms with E-state index in [0.29, 0.717) is 16.7 Å². The van der Waals surface area contributed by atoms with Gasteiger partial charge in [-0.25, -0.2) is 0 Å². The molecule has 4 rings (SSSR count). The Kier molecular flexibility index (Phi) is 6.62. The average Bonchev–Trinajstić information content (AvgIpc) is 2.85. The summed E-state index contributed by atoms with van der Waals surface area (Å²) in [6.45, 7) is 0. The molecule has 4 aromatic rings. The van der Waals surface area contributed by atoms with Crippen molar-refractivity contribution in [2.24, 2.45) is 0 Å². The van der Waals surface area contributed by atoms with Gasteiger partial charge in [0.05, 0.1) is 0 Å². The number of amides is 2. The standard InChI is InChI=1S/C24H20N6O3/c31-19(16-10-4-1-5-11-16)25-22-28-23(26-20(32)17-12-6-2-7-13-17)30-24(29-22)27-21(33)18-14-8-3-9-15-18/h1-15,19,31H,(H3,25,26,27,28,29,30,32,33). The van der Waals surface area contributed by atoms with E-state index in [1.165, 1.54) is 0 Å². The lowest BCUT2D eigenvalue weighted by atomic mass is 10.2.